The second kappa shape index (κ2) is 5.80. The van der Waals surface area contributed by atoms with E-state index in [1.165, 1.54) is 24.1 Å². The largest absolute Gasteiger partial charge is 0.367 e. The highest BCUT2D eigenvalue weighted by molar-refractivity contribution is 9.09. The van der Waals surface area contributed by atoms with Crippen LogP contribution in [-0.4, -0.2) is 20.8 Å². The average Bonchev–Trinajstić information content (AvgIpc) is 2.28. The summed E-state index contributed by atoms with van der Waals surface area (Å²) < 4.78 is 0. The predicted octanol–water partition coefficient (Wildman–Crippen LogP) is 3.33. The van der Waals surface area contributed by atoms with Gasteiger partial charge in [-0.1, -0.05) is 22.9 Å². The van der Waals surface area contributed by atoms with Crippen molar-refractivity contribution in [1.29, 1.82) is 0 Å². The van der Waals surface area contributed by atoms with Crippen molar-refractivity contribution in [2.24, 2.45) is 0 Å². The highest BCUT2D eigenvalue weighted by Gasteiger charge is 2.16. The minimum absolute atomic E-state index is 0.435. The molecule has 4 heteroatoms. The molecular formula is C13H20BrN3. The van der Waals surface area contributed by atoms with Crippen LogP contribution in [0.2, 0.25) is 0 Å². The second-order valence-corrected chi connectivity index (χ2v) is 6.48. The summed E-state index contributed by atoms with van der Waals surface area (Å²) in [5.41, 5.74) is 2.58. The van der Waals surface area contributed by atoms with Crippen LogP contribution < -0.4 is 5.32 Å². The molecule has 0 fully saturated rings. The molecule has 0 radical (unpaired) electrons. The molecule has 1 N–H and O–H groups in total. The number of halogens is 1. The number of aromatic nitrogens is 2. The van der Waals surface area contributed by atoms with Gasteiger partial charge >= 0.3 is 0 Å². The molecule has 2 rings (SSSR count). The monoisotopic (exact) mass is 297 g/mol. The molecule has 1 aromatic heterocycles. The third-order valence-corrected chi connectivity index (χ3v) is 3.56. The Morgan fingerprint density at radius 2 is 2.06 bits per heavy atom. The summed E-state index contributed by atoms with van der Waals surface area (Å²) in [4.78, 5) is 9.32. The normalized spacial score (nSPS) is 18.3. The minimum atomic E-state index is 0.435. The van der Waals surface area contributed by atoms with Crippen molar-refractivity contribution in [2.45, 2.75) is 56.8 Å². The van der Waals surface area contributed by atoms with Crippen LogP contribution in [0.5, 0.6) is 0 Å². The van der Waals surface area contributed by atoms with E-state index in [1.807, 2.05) is 0 Å². The molecule has 1 aromatic rings. The fraction of sp³-hybridized carbons (Fsp3) is 0.692. The summed E-state index contributed by atoms with van der Waals surface area (Å²) in [5, 5.41) is 3.52. The van der Waals surface area contributed by atoms with Crippen molar-refractivity contribution in [3.8, 4) is 0 Å². The summed E-state index contributed by atoms with van der Waals surface area (Å²) in [6.45, 7) is 4.38. The SMILES string of the molecule is CC(Br)CC(C)Nc1ncnc2c1CCCC2. The van der Waals surface area contributed by atoms with E-state index in [1.54, 1.807) is 6.33 Å². The molecule has 94 valence electrons. The van der Waals surface area contributed by atoms with Gasteiger partial charge in [0.2, 0.25) is 0 Å². The van der Waals surface area contributed by atoms with E-state index in [4.69, 9.17) is 0 Å². The Morgan fingerprint density at radius 1 is 1.29 bits per heavy atom. The first-order valence-corrected chi connectivity index (χ1v) is 7.31. The van der Waals surface area contributed by atoms with Crippen LogP contribution in [0.25, 0.3) is 0 Å². The van der Waals surface area contributed by atoms with Crippen LogP contribution in [0, 0.1) is 0 Å². The molecule has 3 nitrogen and oxygen atoms in total. The molecule has 0 spiro atoms. The van der Waals surface area contributed by atoms with E-state index >= 15 is 0 Å². The maximum Gasteiger partial charge on any atom is 0.133 e. The van der Waals surface area contributed by atoms with E-state index < -0.39 is 0 Å². The van der Waals surface area contributed by atoms with Crippen LogP contribution in [0.15, 0.2) is 6.33 Å². The van der Waals surface area contributed by atoms with Crippen molar-refractivity contribution in [1.82, 2.24) is 9.97 Å². The number of hydrogen-bond acceptors (Lipinski definition) is 3. The minimum Gasteiger partial charge on any atom is -0.367 e. The van der Waals surface area contributed by atoms with Crippen LogP contribution in [0.3, 0.4) is 0 Å². The molecule has 1 aliphatic carbocycles. The molecule has 0 aliphatic heterocycles. The Morgan fingerprint density at radius 3 is 2.82 bits per heavy atom. The molecule has 0 amide bonds. The van der Waals surface area contributed by atoms with Gasteiger partial charge in [-0.3, -0.25) is 0 Å². The Kier molecular flexibility index (Phi) is 4.37. The van der Waals surface area contributed by atoms with Crippen molar-refractivity contribution >= 4 is 21.7 Å². The summed E-state index contributed by atoms with van der Waals surface area (Å²) in [5.74, 6) is 1.05. The van der Waals surface area contributed by atoms with Gasteiger partial charge in [0.1, 0.15) is 12.1 Å². The number of nitrogens with zero attached hydrogens (tertiary/aromatic N) is 2. The van der Waals surface area contributed by atoms with Gasteiger partial charge in [0.15, 0.2) is 0 Å². The average molecular weight is 298 g/mol. The van der Waals surface area contributed by atoms with Crippen LogP contribution in [-0.2, 0) is 12.8 Å². The van der Waals surface area contributed by atoms with E-state index in [0.717, 1.165) is 25.1 Å². The number of nitrogens with one attached hydrogen (secondary N) is 1. The molecule has 2 atom stereocenters. The lowest BCUT2D eigenvalue weighted by Crippen LogP contribution is -2.21. The molecule has 0 aromatic carbocycles. The summed E-state index contributed by atoms with van der Waals surface area (Å²) >= 11 is 3.59. The van der Waals surface area contributed by atoms with Gasteiger partial charge in [-0.2, -0.15) is 0 Å². The fourth-order valence-electron chi connectivity index (χ4n) is 2.43. The van der Waals surface area contributed by atoms with Gasteiger partial charge in [0.25, 0.3) is 0 Å². The lowest BCUT2D eigenvalue weighted by atomic mass is 9.96. The molecule has 17 heavy (non-hydrogen) atoms. The lowest BCUT2D eigenvalue weighted by molar-refractivity contribution is 0.655. The number of aryl methyl sites for hydroxylation is 1. The maximum absolute atomic E-state index is 4.40. The standard InChI is InChI=1S/C13H20BrN3/c1-9(14)7-10(2)17-13-11-5-3-4-6-12(11)15-8-16-13/h8-10H,3-7H2,1-2H3,(H,15,16,17). The third-order valence-electron chi connectivity index (χ3n) is 3.19. The smallest absolute Gasteiger partial charge is 0.133 e. The van der Waals surface area contributed by atoms with Gasteiger partial charge in [0, 0.05) is 22.1 Å². The van der Waals surface area contributed by atoms with E-state index in [9.17, 15) is 0 Å². The zero-order valence-corrected chi connectivity index (χ0v) is 12.1. The predicted molar refractivity (Wildman–Crippen MR) is 74.8 cm³/mol. The summed E-state index contributed by atoms with van der Waals surface area (Å²) in [7, 11) is 0. The number of alkyl halides is 1. The zero-order chi connectivity index (χ0) is 12.3. The first-order valence-electron chi connectivity index (χ1n) is 6.40. The Hall–Kier alpha value is -0.640. The fourth-order valence-corrected chi connectivity index (χ4v) is 2.99. The topological polar surface area (TPSA) is 37.8 Å². The zero-order valence-electron chi connectivity index (χ0n) is 10.5. The van der Waals surface area contributed by atoms with Crippen LogP contribution >= 0.6 is 15.9 Å². The second-order valence-electron chi connectivity index (χ2n) is 4.92. The van der Waals surface area contributed by atoms with E-state index in [2.05, 4.69) is 45.1 Å². The maximum atomic E-state index is 4.40. The van der Waals surface area contributed by atoms with Gasteiger partial charge in [-0.15, -0.1) is 0 Å². The van der Waals surface area contributed by atoms with Gasteiger partial charge in [0.05, 0.1) is 0 Å². The van der Waals surface area contributed by atoms with Crippen molar-refractivity contribution in [3.05, 3.63) is 17.6 Å². The Labute approximate surface area is 112 Å². The van der Waals surface area contributed by atoms with Gasteiger partial charge in [-0.05, 0) is 39.0 Å². The molecular weight excluding hydrogens is 278 g/mol. The molecule has 1 aliphatic rings. The number of hydrogen-bond donors (Lipinski definition) is 1. The van der Waals surface area contributed by atoms with Gasteiger partial charge < -0.3 is 5.32 Å². The molecule has 0 bridgehead atoms. The van der Waals surface area contributed by atoms with E-state index in [0.29, 0.717) is 10.9 Å². The van der Waals surface area contributed by atoms with Crippen molar-refractivity contribution in [3.63, 3.8) is 0 Å². The molecule has 0 saturated carbocycles. The first kappa shape index (κ1) is 12.8. The molecule has 1 heterocycles. The summed E-state index contributed by atoms with van der Waals surface area (Å²) in [6.07, 6.45) is 7.54. The quantitative estimate of drug-likeness (QED) is 0.866. The lowest BCUT2D eigenvalue weighted by Gasteiger charge is -2.21. The first-order chi connectivity index (χ1) is 8.16. The van der Waals surface area contributed by atoms with E-state index in [-0.39, 0.29) is 0 Å². The Bertz CT molecular complexity index is 379. The number of rotatable bonds is 4. The highest BCUT2D eigenvalue weighted by atomic mass is 79.9. The number of anilines is 1. The number of fused-ring (bicyclic) bond motifs is 1. The molecule has 2 unspecified atom stereocenters. The van der Waals surface area contributed by atoms with Crippen molar-refractivity contribution < 1.29 is 0 Å². The van der Waals surface area contributed by atoms with Crippen molar-refractivity contribution in [2.75, 3.05) is 5.32 Å². The van der Waals surface area contributed by atoms with Crippen LogP contribution in [0.1, 0.15) is 44.4 Å². The highest BCUT2D eigenvalue weighted by Crippen LogP contribution is 2.25. The molecule has 0 saturated heterocycles. The Balaban J connectivity index is 2.10. The van der Waals surface area contributed by atoms with Crippen LogP contribution in [0.4, 0.5) is 5.82 Å². The van der Waals surface area contributed by atoms with Gasteiger partial charge in [-0.25, -0.2) is 9.97 Å². The third kappa shape index (κ3) is 3.41. The summed E-state index contributed by atoms with van der Waals surface area (Å²) in [6, 6.07) is 0.435.